The number of furan rings is 1. The van der Waals surface area contributed by atoms with Crippen molar-refractivity contribution in [3.05, 3.63) is 39.8 Å². The Morgan fingerprint density at radius 2 is 2.14 bits per heavy atom. The summed E-state index contributed by atoms with van der Waals surface area (Å²) in [5.41, 5.74) is -0.0604. The van der Waals surface area contributed by atoms with Crippen LogP contribution in [0.1, 0.15) is 21.9 Å². The summed E-state index contributed by atoms with van der Waals surface area (Å²) in [6.07, 6.45) is 1.34. The second-order valence-electron chi connectivity index (χ2n) is 4.65. The molecule has 3 aromatic heterocycles. The lowest BCUT2D eigenvalue weighted by atomic mass is 10.2. The number of carbonyl (C=O) groups is 1. The molecule has 0 aromatic carbocycles. The van der Waals surface area contributed by atoms with Gasteiger partial charge in [-0.1, -0.05) is 5.16 Å². The van der Waals surface area contributed by atoms with E-state index >= 15 is 0 Å². The molecular formula is C13H12N4O4. The van der Waals surface area contributed by atoms with E-state index in [1.165, 1.54) is 10.9 Å². The number of nitrogens with one attached hydrogen (secondary N) is 1. The predicted octanol–water partition coefficient (Wildman–Crippen LogP) is 1.38. The number of nitrogens with zero attached hydrogens (tertiary/aromatic N) is 3. The molecule has 21 heavy (non-hydrogen) atoms. The average molecular weight is 288 g/mol. The largest absolute Gasteiger partial charge is 0.442 e. The molecule has 3 heterocycles. The van der Waals surface area contributed by atoms with Crippen molar-refractivity contribution >= 4 is 22.8 Å². The zero-order valence-electron chi connectivity index (χ0n) is 11.6. The minimum Gasteiger partial charge on any atom is -0.442 e. The number of hydrogen-bond acceptors (Lipinski definition) is 6. The third-order valence-electron chi connectivity index (χ3n) is 3.04. The first-order valence-corrected chi connectivity index (χ1v) is 6.16. The van der Waals surface area contributed by atoms with Crippen molar-refractivity contribution in [3.63, 3.8) is 0 Å². The van der Waals surface area contributed by atoms with Crippen LogP contribution in [0, 0.1) is 13.8 Å². The van der Waals surface area contributed by atoms with Gasteiger partial charge in [-0.2, -0.15) is 0 Å². The van der Waals surface area contributed by atoms with Crippen LogP contribution in [0.25, 0.3) is 11.1 Å². The van der Waals surface area contributed by atoms with E-state index in [1.54, 1.807) is 27.0 Å². The maximum Gasteiger partial charge on any atom is 0.265 e. The molecule has 0 aliphatic carbocycles. The average Bonchev–Trinajstić information content (AvgIpc) is 2.97. The molecule has 8 nitrogen and oxygen atoms in total. The van der Waals surface area contributed by atoms with E-state index < -0.39 is 5.91 Å². The number of aromatic nitrogens is 3. The van der Waals surface area contributed by atoms with Gasteiger partial charge in [-0.3, -0.25) is 9.59 Å². The van der Waals surface area contributed by atoms with Crippen LogP contribution in [-0.4, -0.2) is 20.6 Å². The molecule has 0 saturated carbocycles. The number of hydrogen-bond donors (Lipinski definition) is 1. The Bertz CT molecular complexity index is 903. The van der Waals surface area contributed by atoms with Gasteiger partial charge in [-0.25, -0.2) is 4.98 Å². The molecule has 0 saturated heterocycles. The molecule has 0 radical (unpaired) electrons. The second-order valence-corrected chi connectivity index (χ2v) is 4.65. The van der Waals surface area contributed by atoms with Gasteiger partial charge in [0, 0.05) is 13.1 Å². The van der Waals surface area contributed by atoms with Crippen molar-refractivity contribution < 1.29 is 13.7 Å². The lowest BCUT2D eigenvalue weighted by Crippen LogP contribution is -2.20. The molecular weight excluding hydrogens is 276 g/mol. The highest BCUT2D eigenvalue weighted by Crippen LogP contribution is 2.22. The molecule has 0 spiro atoms. The number of fused-ring (bicyclic) bond motifs is 1. The second kappa shape index (κ2) is 4.58. The Labute approximate surface area is 118 Å². The van der Waals surface area contributed by atoms with Crippen LogP contribution >= 0.6 is 0 Å². The Kier molecular flexibility index (Phi) is 2.86. The Hall–Kier alpha value is -2.90. The molecule has 8 heteroatoms. The van der Waals surface area contributed by atoms with Gasteiger partial charge < -0.3 is 18.8 Å². The van der Waals surface area contributed by atoms with Crippen LogP contribution in [0.2, 0.25) is 0 Å². The van der Waals surface area contributed by atoms with Crippen molar-refractivity contribution in [2.75, 3.05) is 5.32 Å². The molecule has 3 rings (SSSR count). The summed E-state index contributed by atoms with van der Waals surface area (Å²) in [6, 6.07) is 1.58. The summed E-state index contributed by atoms with van der Waals surface area (Å²) in [7, 11) is 1.56. The van der Waals surface area contributed by atoms with Crippen molar-refractivity contribution in [1.82, 2.24) is 14.7 Å². The number of carbonyl (C=O) groups excluding carboxylic acids is 1. The van der Waals surface area contributed by atoms with E-state index in [0.29, 0.717) is 11.5 Å². The number of aryl methyl sites for hydroxylation is 3. The van der Waals surface area contributed by atoms with Crippen LogP contribution in [-0.2, 0) is 7.05 Å². The first kappa shape index (κ1) is 13.1. The normalized spacial score (nSPS) is 11.0. The highest BCUT2D eigenvalue weighted by molar-refractivity contribution is 6.12. The van der Waals surface area contributed by atoms with Gasteiger partial charge in [0.15, 0.2) is 5.82 Å². The molecule has 0 unspecified atom stereocenters. The standard InChI is InChI=1S/C13H12N4O4/c1-6-4-8(16-21-6)15-11(18)9-7(2)20-12-10(9)13(19)17(3)5-14-12/h4-5H,1-3H3,(H,15,16,18). The monoisotopic (exact) mass is 288 g/mol. The van der Waals surface area contributed by atoms with Crippen LogP contribution in [0.15, 0.2) is 26.1 Å². The zero-order valence-corrected chi connectivity index (χ0v) is 11.6. The fourth-order valence-corrected chi connectivity index (χ4v) is 2.06. The van der Waals surface area contributed by atoms with Crippen molar-refractivity contribution in [3.8, 4) is 0 Å². The highest BCUT2D eigenvalue weighted by atomic mass is 16.5. The third-order valence-corrected chi connectivity index (χ3v) is 3.04. The number of anilines is 1. The summed E-state index contributed by atoms with van der Waals surface area (Å²) in [5.74, 6) is 0.659. The lowest BCUT2D eigenvalue weighted by molar-refractivity contribution is 0.102. The fourth-order valence-electron chi connectivity index (χ4n) is 2.06. The SMILES string of the molecule is Cc1cc(NC(=O)c2c(C)oc3ncn(C)c(=O)c23)no1. The molecule has 0 aliphatic heterocycles. The fraction of sp³-hybridized carbons (Fsp3) is 0.231. The molecule has 1 N–H and O–H groups in total. The summed E-state index contributed by atoms with van der Waals surface area (Å²) >= 11 is 0. The molecule has 108 valence electrons. The van der Waals surface area contributed by atoms with E-state index in [9.17, 15) is 9.59 Å². The smallest absolute Gasteiger partial charge is 0.265 e. The maximum absolute atomic E-state index is 12.4. The van der Waals surface area contributed by atoms with Crippen LogP contribution < -0.4 is 10.9 Å². The van der Waals surface area contributed by atoms with Gasteiger partial charge in [0.2, 0.25) is 5.71 Å². The Morgan fingerprint density at radius 1 is 1.38 bits per heavy atom. The molecule has 0 bridgehead atoms. The molecule has 0 aliphatic rings. The van der Waals surface area contributed by atoms with Crippen molar-refractivity contribution in [1.29, 1.82) is 0 Å². The van der Waals surface area contributed by atoms with Gasteiger partial charge in [-0.15, -0.1) is 0 Å². The summed E-state index contributed by atoms with van der Waals surface area (Å²) in [6.45, 7) is 3.31. The predicted molar refractivity (Wildman–Crippen MR) is 73.2 cm³/mol. The topological polar surface area (TPSA) is 103 Å². The minimum absolute atomic E-state index is 0.136. The summed E-state index contributed by atoms with van der Waals surface area (Å²) < 4.78 is 11.5. The molecule has 1 amide bonds. The number of rotatable bonds is 2. The minimum atomic E-state index is -0.496. The van der Waals surface area contributed by atoms with Crippen LogP contribution in [0.4, 0.5) is 5.82 Å². The van der Waals surface area contributed by atoms with Crippen LogP contribution in [0.5, 0.6) is 0 Å². The van der Waals surface area contributed by atoms with E-state index in [-0.39, 0.29) is 28.0 Å². The number of amides is 1. The Balaban J connectivity index is 2.11. The van der Waals surface area contributed by atoms with Crippen LogP contribution in [0.3, 0.4) is 0 Å². The van der Waals surface area contributed by atoms with E-state index in [4.69, 9.17) is 8.94 Å². The quantitative estimate of drug-likeness (QED) is 0.764. The lowest BCUT2D eigenvalue weighted by Gasteiger charge is -2.00. The molecule has 3 aromatic rings. The van der Waals surface area contributed by atoms with Gasteiger partial charge >= 0.3 is 0 Å². The molecule has 0 fully saturated rings. The van der Waals surface area contributed by atoms with Crippen molar-refractivity contribution in [2.24, 2.45) is 7.05 Å². The van der Waals surface area contributed by atoms with Gasteiger partial charge in [0.05, 0.1) is 5.56 Å². The van der Waals surface area contributed by atoms with E-state index in [1.807, 2.05) is 0 Å². The maximum atomic E-state index is 12.4. The van der Waals surface area contributed by atoms with E-state index in [2.05, 4.69) is 15.5 Å². The zero-order chi connectivity index (χ0) is 15.1. The van der Waals surface area contributed by atoms with E-state index in [0.717, 1.165) is 0 Å². The molecule has 0 atom stereocenters. The summed E-state index contributed by atoms with van der Waals surface area (Å²) in [4.78, 5) is 28.5. The first-order chi connectivity index (χ1) is 9.97. The van der Waals surface area contributed by atoms with Gasteiger partial charge in [0.25, 0.3) is 11.5 Å². The van der Waals surface area contributed by atoms with Gasteiger partial charge in [-0.05, 0) is 13.8 Å². The third kappa shape index (κ3) is 2.10. The van der Waals surface area contributed by atoms with Gasteiger partial charge in [0.1, 0.15) is 23.2 Å². The highest BCUT2D eigenvalue weighted by Gasteiger charge is 2.23. The first-order valence-electron chi connectivity index (χ1n) is 6.16. The Morgan fingerprint density at radius 3 is 2.81 bits per heavy atom. The van der Waals surface area contributed by atoms with Crippen molar-refractivity contribution in [2.45, 2.75) is 13.8 Å². The summed E-state index contributed by atoms with van der Waals surface area (Å²) in [5, 5.41) is 6.39.